The molecule has 138 valence electrons. The lowest BCUT2D eigenvalue weighted by atomic mass is 10.0. The molecule has 1 N–H and O–H groups in total. The number of ether oxygens (including phenoxy) is 1. The molecule has 0 aliphatic heterocycles. The van der Waals surface area contributed by atoms with Gasteiger partial charge in [0.05, 0.1) is 6.61 Å². The van der Waals surface area contributed by atoms with E-state index < -0.39 is 0 Å². The minimum Gasteiger partial charge on any atom is -0.508 e. The molecule has 0 fully saturated rings. The number of phenolic OH excluding ortho intramolecular Hbond substituents is 1. The van der Waals surface area contributed by atoms with Crippen LogP contribution in [0, 0.1) is 0 Å². The highest BCUT2D eigenvalue weighted by Gasteiger charge is 1.96. The zero-order valence-electron chi connectivity index (χ0n) is 15.8. The average molecular weight is 335 g/mol. The molecule has 24 heavy (non-hydrogen) atoms. The first-order chi connectivity index (χ1) is 11.8. The molecular weight excluding hydrogens is 296 g/mol. The lowest BCUT2D eigenvalue weighted by Crippen LogP contribution is -1.97. The lowest BCUT2D eigenvalue weighted by Gasteiger charge is -2.06. The van der Waals surface area contributed by atoms with Crippen molar-refractivity contribution in [2.24, 2.45) is 0 Å². The second-order valence-electron chi connectivity index (χ2n) is 6.94. The second-order valence-corrected chi connectivity index (χ2v) is 6.94. The Morgan fingerprint density at radius 3 is 1.71 bits per heavy atom. The number of hydrogen-bond donors (Lipinski definition) is 1. The van der Waals surface area contributed by atoms with E-state index in [0.29, 0.717) is 0 Å². The van der Waals surface area contributed by atoms with Crippen LogP contribution in [0.3, 0.4) is 0 Å². The Labute approximate surface area is 149 Å². The molecular formula is C22H38O2. The maximum Gasteiger partial charge on any atom is 0.122 e. The summed E-state index contributed by atoms with van der Waals surface area (Å²) in [5, 5.41) is 9.36. The number of hydrogen-bond acceptors (Lipinski definition) is 2. The highest BCUT2D eigenvalue weighted by Crippen LogP contribution is 2.18. The first kappa shape index (κ1) is 20.9. The van der Waals surface area contributed by atoms with Gasteiger partial charge in [0, 0.05) is 6.07 Å². The summed E-state index contributed by atoms with van der Waals surface area (Å²) in [6.07, 6.45) is 19.2. The van der Waals surface area contributed by atoms with Crippen LogP contribution in [0.2, 0.25) is 0 Å². The molecule has 0 saturated heterocycles. The summed E-state index contributed by atoms with van der Waals surface area (Å²) < 4.78 is 5.63. The quantitative estimate of drug-likeness (QED) is 0.322. The highest BCUT2D eigenvalue weighted by atomic mass is 16.5. The third-order valence-electron chi connectivity index (χ3n) is 4.58. The monoisotopic (exact) mass is 334 g/mol. The van der Waals surface area contributed by atoms with Crippen LogP contribution in [0.5, 0.6) is 11.5 Å². The van der Waals surface area contributed by atoms with Crippen molar-refractivity contribution >= 4 is 0 Å². The van der Waals surface area contributed by atoms with Gasteiger partial charge in [-0.1, -0.05) is 96.5 Å². The number of rotatable bonds is 16. The fourth-order valence-corrected chi connectivity index (χ4v) is 3.06. The van der Waals surface area contributed by atoms with Crippen LogP contribution in [0.25, 0.3) is 0 Å². The van der Waals surface area contributed by atoms with Crippen LogP contribution >= 0.6 is 0 Å². The van der Waals surface area contributed by atoms with Gasteiger partial charge in [0.1, 0.15) is 11.5 Å². The summed E-state index contributed by atoms with van der Waals surface area (Å²) in [5.41, 5.74) is 0. The van der Waals surface area contributed by atoms with Gasteiger partial charge < -0.3 is 9.84 Å². The van der Waals surface area contributed by atoms with E-state index in [1.54, 1.807) is 12.1 Å². The van der Waals surface area contributed by atoms with Crippen molar-refractivity contribution in [1.82, 2.24) is 0 Å². The van der Waals surface area contributed by atoms with Crippen molar-refractivity contribution in [3.8, 4) is 11.5 Å². The van der Waals surface area contributed by atoms with Crippen LogP contribution in [0.4, 0.5) is 0 Å². The SMILES string of the molecule is CCCCCCCCCCCCCCCCOc1cccc(O)c1. The molecule has 0 spiro atoms. The molecule has 1 rings (SSSR count). The Bertz CT molecular complexity index is 389. The summed E-state index contributed by atoms with van der Waals surface area (Å²) in [4.78, 5) is 0. The number of benzene rings is 1. The van der Waals surface area contributed by atoms with Crippen molar-refractivity contribution in [3.63, 3.8) is 0 Å². The van der Waals surface area contributed by atoms with Gasteiger partial charge >= 0.3 is 0 Å². The van der Waals surface area contributed by atoms with Crippen molar-refractivity contribution in [2.75, 3.05) is 6.61 Å². The van der Waals surface area contributed by atoms with E-state index in [1.165, 1.54) is 83.5 Å². The molecule has 2 nitrogen and oxygen atoms in total. The molecule has 1 aromatic rings. The van der Waals surface area contributed by atoms with Gasteiger partial charge in [-0.2, -0.15) is 0 Å². The van der Waals surface area contributed by atoms with Gasteiger partial charge in [-0.05, 0) is 18.6 Å². The van der Waals surface area contributed by atoms with Crippen molar-refractivity contribution < 1.29 is 9.84 Å². The van der Waals surface area contributed by atoms with Gasteiger partial charge in [-0.25, -0.2) is 0 Å². The number of unbranched alkanes of at least 4 members (excludes halogenated alkanes) is 13. The molecule has 0 aliphatic rings. The minimum atomic E-state index is 0.272. The van der Waals surface area contributed by atoms with Crippen LogP contribution in [-0.4, -0.2) is 11.7 Å². The van der Waals surface area contributed by atoms with Gasteiger partial charge in [-0.3, -0.25) is 0 Å². The highest BCUT2D eigenvalue weighted by molar-refractivity contribution is 5.31. The summed E-state index contributed by atoms with van der Waals surface area (Å²) in [7, 11) is 0. The molecule has 0 heterocycles. The normalized spacial score (nSPS) is 10.9. The minimum absolute atomic E-state index is 0.272. The largest absolute Gasteiger partial charge is 0.508 e. The van der Waals surface area contributed by atoms with Crippen molar-refractivity contribution in [1.29, 1.82) is 0 Å². The van der Waals surface area contributed by atoms with Gasteiger partial charge in [0.2, 0.25) is 0 Å². The van der Waals surface area contributed by atoms with E-state index >= 15 is 0 Å². The van der Waals surface area contributed by atoms with Crippen LogP contribution in [-0.2, 0) is 0 Å². The fraction of sp³-hybridized carbons (Fsp3) is 0.727. The zero-order chi connectivity index (χ0) is 17.3. The lowest BCUT2D eigenvalue weighted by molar-refractivity contribution is 0.302. The molecule has 0 aromatic heterocycles. The maximum atomic E-state index is 9.36. The fourth-order valence-electron chi connectivity index (χ4n) is 3.06. The third-order valence-corrected chi connectivity index (χ3v) is 4.58. The summed E-state index contributed by atoms with van der Waals surface area (Å²) in [5.74, 6) is 1.04. The molecule has 0 atom stereocenters. The van der Waals surface area contributed by atoms with Crippen molar-refractivity contribution in [2.45, 2.75) is 96.8 Å². The van der Waals surface area contributed by atoms with Crippen LogP contribution < -0.4 is 4.74 Å². The van der Waals surface area contributed by atoms with E-state index in [1.807, 2.05) is 12.1 Å². The van der Waals surface area contributed by atoms with Crippen LogP contribution in [0.1, 0.15) is 96.8 Å². The Balaban J connectivity index is 1.76. The smallest absolute Gasteiger partial charge is 0.122 e. The number of aromatic hydroxyl groups is 1. The summed E-state index contributed by atoms with van der Waals surface area (Å²) in [6, 6.07) is 7.04. The molecule has 2 heteroatoms. The van der Waals surface area contributed by atoms with Gasteiger partial charge in [-0.15, -0.1) is 0 Å². The maximum absolute atomic E-state index is 9.36. The molecule has 1 aromatic carbocycles. The molecule has 0 radical (unpaired) electrons. The van der Waals surface area contributed by atoms with E-state index in [0.717, 1.165) is 18.8 Å². The van der Waals surface area contributed by atoms with Gasteiger partial charge in [0.15, 0.2) is 0 Å². The van der Waals surface area contributed by atoms with Gasteiger partial charge in [0.25, 0.3) is 0 Å². The molecule has 0 unspecified atom stereocenters. The first-order valence-electron chi connectivity index (χ1n) is 10.2. The Morgan fingerprint density at radius 1 is 0.708 bits per heavy atom. The topological polar surface area (TPSA) is 29.5 Å². The molecule has 0 bridgehead atoms. The van der Waals surface area contributed by atoms with Crippen LogP contribution in [0.15, 0.2) is 24.3 Å². The summed E-state index contributed by atoms with van der Waals surface area (Å²) >= 11 is 0. The Morgan fingerprint density at radius 2 is 1.21 bits per heavy atom. The molecule has 0 amide bonds. The molecule has 0 saturated carbocycles. The molecule has 0 aliphatic carbocycles. The predicted octanol–water partition coefficient (Wildman–Crippen LogP) is 7.25. The Hall–Kier alpha value is -1.18. The third kappa shape index (κ3) is 12.3. The summed E-state index contributed by atoms with van der Waals surface area (Å²) in [6.45, 7) is 3.03. The Kier molecular flexibility index (Phi) is 13.3. The second kappa shape index (κ2) is 15.4. The first-order valence-corrected chi connectivity index (χ1v) is 10.2. The van der Waals surface area contributed by atoms with E-state index in [4.69, 9.17) is 4.74 Å². The average Bonchev–Trinajstić information content (AvgIpc) is 2.58. The van der Waals surface area contributed by atoms with E-state index in [-0.39, 0.29) is 5.75 Å². The van der Waals surface area contributed by atoms with Crippen molar-refractivity contribution in [3.05, 3.63) is 24.3 Å². The predicted molar refractivity (Wildman–Crippen MR) is 104 cm³/mol. The standard InChI is InChI=1S/C22H38O2/c1-2-3-4-5-6-7-8-9-10-11-12-13-14-15-19-24-22-18-16-17-21(23)20-22/h16-18,20,23H,2-15,19H2,1H3. The zero-order valence-corrected chi connectivity index (χ0v) is 15.8. The van der Waals surface area contributed by atoms with E-state index in [9.17, 15) is 5.11 Å². The number of phenols is 1. The van der Waals surface area contributed by atoms with E-state index in [2.05, 4.69) is 6.92 Å².